The lowest BCUT2D eigenvalue weighted by atomic mass is 9.96. The highest BCUT2D eigenvalue weighted by Crippen LogP contribution is 2.31. The first-order valence-electron chi connectivity index (χ1n) is 6.90. The minimum atomic E-state index is -0.178. The van der Waals surface area contributed by atoms with Crippen molar-refractivity contribution < 1.29 is 4.39 Å². The molecule has 2 atom stereocenters. The molecule has 1 aromatic rings. The van der Waals surface area contributed by atoms with Crippen molar-refractivity contribution in [2.24, 2.45) is 5.73 Å². The predicted octanol–water partition coefficient (Wildman–Crippen LogP) is 3.01. The third-order valence-electron chi connectivity index (χ3n) is 3.96. The van der Waals surface area contributed by atoms with Crippen molar-refractivity contribution in [1.29, 1.82) is 0 Å². The molecule has 0 amide bonds. The van der Waals surface area contributed by atoms with Gasteiger partial charge in [-0.15, -0.1) is 0 Å². The topological polar surface area (TPSA) is 29.3 Å². The molecule has 2 N–H and O–H groups in total. The summed E-state index contributed by atoms with van der Waals surface area (Å²) in [4.78, 5) is 2.37. The van der Waals surface area contributed by atoms with E-state index >= 15 is 0 Å². The zero-order valence-electron chi connectivity index (χ0n) is 10.9. The number of nitrogens with two attached hydrogens (primary N) is 1. The van der Waals surface area contributed by atoms with Crippen LogP contribution in [0.2, 0.25) is 0 Å². The summed E-state index contributed by atoms with van der Waals surface area (Å²) in [6.07, 6.45) is 9.73. The number of hydrogen-bond donors (Lipinski definition) is 1. The molecule has 1 saturated heterocycles. The van der Waals surface area contributed by atoms with Gasteiger partial charge >= 0.3 is 0 Å². The molecule has 0 aromatic heterocycles. The van der Waals surface area contributed by atoms with Gasteiger partial charge in [-0.25, -0.2) is 4.39 Å². The Labute approximate surface area is 113 Å². The Kier molecular flexibility index (Phi) is 3.38. The van der Waals surface area contributed by atoms with E-state index in [4.69, 9.17) is 5.73 Å². The zero-order valence-corrected chi connectivity index (χ0v) is 10.9. The summed E-state index contributed by atoms with van der Waals surface area (Å²) in [5, 5.41) is 0. The van der Waals surface area contributed by atoms with Crippen molar-refractivity contribution in [2.45, 2.75) is 31.3 Å². The zero-order chi connectivity index (χ0) is 13.2. The van der Waals surface area contributed by atoms with Crippen LogP contribution in [0.15, 0.2) is 48.1 Å². The lowest BCUT2D eigenvalue weighted by molar-refractivity contribution is 0.627. The standard InChI is InChI=1S/C16H19FN2/c17-13-5-9-15(10-6-13)19-11-1-2-16(19)12-3-7-14(18)8-4-12/h3-7,9-10,14,16H,1-2,8,11,18H2/t14?,16-/m1/s1. The second-order valence-corrected chi connectivity index (χ2v) is 5.29. The van der Waals surface area contributed by atoms with E-state index in [1.54, 1.807) is 0 Å². The first-order valence-corrected chi connectivity index (χ1v) is 6.90. The largest absolute Gasteiger partial charge is 0.364 e. The minimum Gasteiger partial charge on any atom is -0.364 e. The van der Waals surface area contributed by atoms with Crippen LogP contribution < -0.4 is 10.6 Å². The molecule has 1 aliphatic heterocycles. The molecule has 1 aliphatic carbocycles. The van der Waals surface area contributed by atoms with Gasteiger partial charge in [0.25, 0.3) is 0 Å². The van der Waals surface area contributed by atoms with Gasteiger partial charge in [-0.1, -0.05) is 18.2 Å². The van der Waals surface area contributed by atoms with Crippen LogP contribution in [-0.4, -0.2) is 18.6 Å². The van der Waals surface area contributed by atoms with Crippen LogP contribution >= 0.6 is 0 Å². The van der Waals surface area contributed by atoms with Crippen LogP contribution in [0.4, 0.5) is 10.1 Å². The number of rotatable bonds is 2. The highest BCUT2D eigenvalue weighted by molar-refractivity contribution is 5.52. The van der Waals surface area contributed by atoms with Crippen LogP contribution in [-0.2, 0) is 0 Å². The molecule has 2 aliphatic rings. The fraction of sp³-hybridized carbons (Fsp3) is 0.375. The number of anilines is 1. The fourth-order valence-corrected chi connectivity index (χ4v) is 2.96. The molecule has 19 heavy (non-hydrogen) atoms. The van der Waals surface area contributed by atoms with Crippen molar-refractivity contribution in [2.75, 3.05) is 11.4 Å². The van der Waals surface area contributed by atoms with Gasteiger partial charge in [0, 0.05) is 18.3 Å². The molecule has 100 valence electrons. The first-order chi connectivity index (χ1) is 9.24. The molecule has 1 aromatic carbocycles. The van der Waals surface area contributed by atoms with Gasteiger partial charge in [-0.3, -0.25) is 0 Å². The van der Waals surface area contributed by atoms with Gasteiger partial charge in [0.15, 0.2) is 0 Å². The summed E-state index contributed by atoms with van der Waals surface area (Å²) in [6, 6.07) is 7.37. The third-order valence-corrected chi connectivity index (χ3v) is 3.96. The number of benzene rings is 1. The Balaban J connectivity index is 1.82. The van der Waals surface area contributed by atoms with E-state index in [0.717, 1.165) is 25.1 Å². The third kappa shape index (κ3) is 2.56. The van der Waals surface area contributed by atoms with Crippen LogP contribution in [0.3, 0.4) is 0 Å². The molecule has 1 fully saturated rings. The maximum atomic E-state index is 13.0. The Morgan fingerprint density at radius 2 is 2.00 bits per heavy atom. The molecular formula is C16H19FN2. The van der Waals surface area contributed by atoms with E-state index < -0.39 is 0 Å². The Bertz CT molecular complexity index is 504. The molecule has 1 unspecified atom stereocenters. The smallest absolute Gasteiger partial charge is 0.123 e. The SMILES string of the molecule is NC1C=CC([C@H]2CCCN2c2ccc(F)cc2)=CC1. The van der Waals surface area contributed by atoms with E-state index in [-0.39, 0.29) is 11.9 Å². The van der Waals surface area contributed by atoms with Crippen LogP contribution in [0, 0.1) is 5.82 Å². The quantitative estimate of drug-likeness (QED) is 0.883. The maximum absolute atomic E-state index is 13.0. The second-order valence-electron chi connectivity index (χ2n) is 5.29. The summed E-state index contributed by atoms with van der Waals surface area (Å²) >= 11 is 0. The van der Waals surface area contributed by atoms with E-state index in [1.165, 1.54) is 24.1 Å². The van der Waals surface area contributed by atoms with Crippen LogP contribution in [0.25, 0.3) is 0 Å². The average Bonchev–Trinajstić information content (AvgIpc) is 2.90. The molecular weight excluding hydrogens is 239 g/mol. The van der Waals surface area contributed by atoms with Crippen molar-refractivity contribution in [3.8, 4) is 0 Å². The number of nitrogens with zero attached hydrogens (tertiary/aromatic N) is 1. The highest BCUT2D eigenvalue weighted by atomic mass is 19.1. The summed E-state index contributed by atoms with van der Waals surface area (Å²) in [5.41, 5.74) is 8.33. The molecule has 3 rings (SSSR count). The first kappa shape index (κ1) is 12.4. The Morgan fingerprint density at radius 1 is 1.21 bits per heavy atom. The van der Waals surface area contributed by atoms with E-state index in [0.29, 0.717) is 6.04 Å². The molecule has 0 radical (unpaired) electrons. The van der Waals surface area contributed by atoms with Crippen molar-refractivity contribution >= 4 is 5.69 Å². The Morgan fingerprint density at radius 3 is 2.68 bits per heavy atom. The molecule has 1 heterocycles. The second kappa shape index (κ2) is 5.17. The van der Waals surface area contributed by atoms with Gasteiger partial charge < -0.3 is 10.6 Å². The number of halogens is 1. The normalized spacial score (nSPS) is 26.6. The fourth-order valence-electron chi connectivity index (χ4n) is 2.96. The molecule has 0 bridgehead atoms. The average molecular weight is 258 g/mol. The minimum absolute atomic E-state index is 0.157. The Hall–Kier alpha value is -1.61. The summed E-state index contributed by atoms with van der Waals surface area (Å²) in [7, 11) is 0. The molecule has 0 saturated carbocycles. The van der Waals surface area contributed by atoms with Crippen LogP contribution in [0.5, 0.6) is 0 Å². The van der Waals surface area contributed by atoms with Gasteiger partial charge in [0.1, 0.15) is 5.82 Å². The molecule has 3 heteroatoms. The van der Waals surface area contributed by atoms with E-state index in [9.17, 15) is 4.39 Å². The number of hydrogen-bond acceptors (Lipinski definition) is 2. The lowest BCUT2D eigenvalue weighted by Crippen LogP contribution is -2.31. The lowest BCUT2D eigenvalue weighted by Gasteiger charge is -2.29. The summed E-state index contributed by atoms with van der Waals surface area (Å²) in [5.74, 6) is -0.178. The van der Waals surface area contributed by atoms with Crippen molar-refractivity contribution in [3.63, 3.8) is 0 Å². The van der Waals surface area contributed by atoms with E-state index in [2.05, 4.69) is 23.1 Å². The van der Waals surface area contributed by atoms with Crippen molar-refractivity contribution in [1.82, 2.24) is 0 Å². The van der Waals surface area contributed by atoms with Gasteiger partial charge in [0.05, 0.1) is 6.04 Å². The molecule has 0 spiro atoms. The predicted molar refractivity (Wildman–Crippen MR) is 76.6 cm³/mol. The van der Waals surface area contributed by atoms with Gasteiger partial charge in [-0.2, -0.15) is 0 Å². The molecule has 2 nitrogen and oxygen atoms in total. The summed E-state index contributed by atoms with van der Waals surface area (Å²) < 4.78 is 13.0. The maximum Gasteiger partial charge on any atom is 0.123 e. The monoisotopic (exact) mass is 258 g/mol. The van der Waals surface area contributed by atoms with Gasteiger partial charge in [-0.05, 0) is 49.1 Å². The van der Waals surface area contributed by atoms with Crippen LogP contribution in [0.1, 0.15) is 19.3 Å². The summed E-state index contributed by atoms with van der Waals surface area (Å²) in [6.45, 7) is 1.04. The van der Waals surface area contributed by atoms with Gasteiger partial charge in [0.2, 0.25) is 0 Å². The highest BCUT2D eigenvalue weighted by Gasteiger charge is 2.27. The van der Waals surface area contributed by atoms with E-state index in [1.807, 2.05) is 12.1 Å². The van der Waals surface area contributed by atoms with Crippen molar-refractivity contribution in [3.05, 3.63) is 53.9 Å².